The number of benzene rings is 1. The number of aryl methyl sites for hydroxylation is 1. The Hall–Kier alpha value is -2.92. The molecule has 0 bridgehead atoms. The van der Waals surface area contributed by atoms with Crippen molar-refractivity contribution in [1.29, 1.82) is 0 Å². The molecule has 4 heterocycles. The maximum absolute atomic E-state index is 13.0. The number of carbonyl (C=O) groups is 1. The molecule has 10 heteroatoms. The summed E-state index contributed by atoms with van der Waals surface area (Å²) in [5.74, 6) is 0.277. The van der Waals surface area contributed by atoms with Gasteiger partial charge in [0.25, 0.3) is 16.0 Å². The molecule has 1 atom stereocenters. The summed E-state index contributed by atoms with van der Waals surface area (Å²) in [7, 11) is -4.60. The molecule has 0 aliphatic carbocycles. The van der Waals surface area contributed by atoms with Crippen LogP contribution in [0.25, 0.3) is 0 Å². The molecule has 1 aromatic carbocycles. The molecule has 1 aromatic rings. The standard InChI is InChI=1S/C26H33N5O4S/c32-26(22-18-21-19-28-24-10-4-9-23(31(21)24)25(22)36(33,34)35)27-11-13-30-16-14-29(15-17-30)12-5-8-20-6-2-1-3-7-20/h1-4,6-7,9-10,18,21,28H,5,8,11-17,19H2,(H,27,32)(H,33,34,35). The van der Waals surface area contributed by atoms with E-state index in [2.05, 4.69) is 44.7 Å². The van der Waals surface area contributed by atoms with Gasteiger partial charge in [-0.05, 0) is 43.2 Å². The number of hydrogen-bond acceptors (Lipinski definition) is 7. The van der Waals surface area contributed by atoms with E-state index in [1.807, 2.05) is 12.1 Å². The zero-order chi connectivity index (χ0) is 25.1. The quantitative estimate of drug-likeness (QED) is 0.423. The van der Waals surface area contributed by atoms with E-state index < -0.39 is 16.0 Å². The Labute approximate surface area is 212 Å². The molecule has 1 amide bonds. The van der Waals surface area contributed by atoms with Gasteiger partial charge in [-0.25, -0.2) is 0 Å². The van der Waals surface area contributed by atoms with Crippen molar-refractivity contribution < 1.29 is 17.8 Å². The predicted octanol–water partition coefficient (Wildman–Crippen LogP) is 1.08. The van der Waals surface area contributed by atoms with Gasteiger partial charge in [-0.2, -0.15) is 8.42 Å². The van der Waals surface area contributed by atoms with Crippen LogP contribution in [0.15, 0.2) is 76.6 Å². The van der Waals surface area contributed by atoms with Gasteiger partial charge in [-0.15, -0.1) is 0 Å². The van der Waals surface area contributed by atoms with E-state index in [-0.39, 0.29) is 16.5 Å². The first-order chi connectivity index (χ1) is 17.4. The zero-order valence-electron chi connectivity index (χ0n) is 20.3. The second-order valence-electron chi connectivity index (χ2n) is 9.53. The van der Waals surface area contributed by atoms with Crippen LogP contribution in [-0.4, -0.2) is 92.0 Å². The first kappa shape index (κ1) is 24.8. The lowest BCUT2D eigenvalue weighted by Gasteiger charge is -2.35. The van der Waals surface area contributed by atoms with E-state index in [0.717, 1.165) is 51.4 Å². The summed E-state index contributed by atoms with van der Waals surface area (Å²) < 4.78 is 34.5. The summed E-state index contributed by atoms with van der Waals surface area (Å²) in [6.07, 6.45) is 9.03. The van der Waals surface area contributed by atoms with E-state index in [4.69, 9.17) is 0 Å². The lowest BCUT2D eigenvalue weighted by molar-refractivity contribution is -0.117. The van der Waals surface area contributed by atoms with Gasteiger partial charge in [0.2, 0.25) is 0 Å². The van der Waals surface area contributed by atoms with Crippen molar-refractivity contribution in [2.75, 3.05) is 52.4 Å². The van der Waals surface area contributed by atoms with E-state index in [0.29, 0.717) is 25.3 Å². The fourth-order valence-corrected chi connectivity index (χ4v) is 6.18. The Morgan fingerprint density at radius 3 is 2.53 bits per heavy atom. The third kappa shape index (κ3) is 5.41. The second-order valence-corrected chi connectivity index (χ2v) is 10.9. The number of nitrogens with zero attached hydrogens (tertiary/aromatic N) is 3. The third-order valence-electron chi connectivity index (χ3n) is 7.15. The molecule has 1 unspecified atom stereocenters. The van der Waals surface area contributed by atoms with Gasteiger partial charge >= 0.3 is 0 Å². The highest BCUT2D eigenvalue weighted by atomic mass is 32.2. The first-order valence-corrected chi connectivity index (χ1v) is 14.0. The summed E-state index contributed by atoms with van der Waals surface area (Å²) in [6.45, 7) is 6.62. The van der Waals surface area contributed by atoms with Crippen molar-refractivity contribution in [2.24, 2.45) is 0 Å². The van der Waals surface area contributed by atoms with Crippen LogP contribution in [0.4, 0.5) is 0 Å². The third-order valence-corrected chi connectivity index (χ3v) is 8.10. The van der Waals surface area contributed by atoms with E-state index in [1.54, 1.807) is 23.1 Å². The minimum atomic E-state index is -4.60. The Balaban J connectivity index is 1.10. The minimum absolute atomic E-state index is 0.00610. The lowest BCUT2D eigenvalue weighted by atomic mass is 10.0. The van der Waals surface area contributed by atoms with Crippen LogP contribution in [0.1, 0.15) is 12.0 Å². The highest BCUT2D eigenvalue weighted by molar-refractivity contribution is 7.90. The number of hydrogen-bond donors (Lipinski definition) is 3. The van der Waals surface area contributed by atoms with E-state index in [9.17, 15) is 17.8 Å². The second kappa shape index (κ2) is 10.6. The molecule has 3 N–H and O–H groups in total. The fourth-order valence-electron chi connectivity index (χ4n) is 5.31. The summed E-state index contributed by atoms with van der Waals surface area (Å²) in [4.78, 5) is 19.3. The van der Waals surface area contributed by atoms with Crippen LogP contribution < -0.4 is 10.6 Å². The molecule has 192 valence electrons. The van der Waals surface area contributed by atoms with Crippen molar-refractivity contribution in [3.05, 3.63) is 82.2 Å². The molecule has 9 nitrogen and oxygen atoms in total. The molecule has 36 heavy (non-hydrogen) atoms. The van der Waals surface area contributed by atoms with Gasteiger partial charge in [-0.3, -0.25) is 14.2 Å². The van der Waals surface area contributed by atoms with Crippen LogP contribution >= 0.6 is 0 Å². The topological polar surface area (TPSA) is 105 Å². The van der Waals surface area contributed by atoms with Crippen LogP contribution in [0.3, 0.4) is 0 Å². The van der Waals surface area contributed by atoms with Gasteiger partial charge in [0.05, 0.1) is 17.3 Å². The Kier molecular flexibility index (Phi) is 7.29. The summed E-state index contributed by atoms with van der Waals surface area (Å²) in [5.41, 5.74) is 1.70. The van der Waals surface area contributed by atoms with E-state index in [1.165, 1.54) is 5.56 Å². The Morgan fingerprint density at radius 1 is 1.08 bits per heavy atom. The molecular formula is C26H33N5O4S. The maximum atomic E-state index is 13.0. The Bertz CT molecular complexity index is 1210. The van der Waals surface area contributed by atoms with Gasteiger partial charge < -0.3 is 20.4 Å². The SMILES string of the molecule is O=C(NCCN1CCN(CCCc2ccccc2)CC1)C1=CC2CNC3=CC=CC(=C1S(=O)(=O)O)N32. The van der Waals surface area contributed by atoms with Crippen molar-refractivity contribution in [3.8, 4) is 0 Å². The minimum Gasteiger partial charge on any atom is -0.369 e. The molecular weight excluding hydrogens is 478 g/mol. The lowest BCUT2D eigenvalue weighted by Crippen LogP contribution is -2.48. The molecule has 0 aromatic heterocycles. The number of nitrogens with one attached hydrogen (secondary N) is 2. The number of amides is 1. The molecule has 0 saturated carbocycles. The highest BCUT2D eigenvalue weighted by Gasteiger charge is 2.41. The monoisotopic (exact) mass is 511 g/mol. The normalized spacial score (nSPS) is 22.1. The van der Waals surface area contributed by atoms with Crippen molar-refractivity contribution in [1.82, 2.24) is 25.3 Å². The van der Waals surface area contributed by atoms with Crippen molar-refractivity contribution in [3.63, 3.8) is 0 Å². The van der Waals surface area contributed by atoms with Gasteiger partial charge in [-0.1, -0.05) is 36.4 Å². The molecule has 4 aliphatic heterocycles. The average Bonchev–Trinajstić information content (AvgIpc) is 3.29. The molecule has 5 rings (SSSR count). The first-order valence-electron chi connectivity index (χ1n) is 12.5. The van der Waals surface area contributed by atoms with Crippen LogP contribution in [0, 0.1) is 0 Å². The van der Waals surface area contributed by atoms with Crippen LogP contribution in [0.2, 0.25) is 0 Å². The molecule has 4 aliphatic rings. The van der Waals surface area contributed by atoms with Gasteiger partial charge in [0, 0.05) is 45.8 Å². The molecule has 0 radical (unpaired) electrons. The number of piperazine rings is 1. The average molecular weight is 512 g/mol. The maximum Gasteiger partial charge on any atom is 0.297 e. The predicted molar refractivity (Wildman–Crippen MR) is 138 cm³/mol. The van der Waals surface area contributed by atoms with Gasteiger partial charge in [0.1, 0.15) is 10.7 Å². The number of carbonyl (C=O) groups excluding carboxylic acids is 1. The number of allylic oxidation sites excluding steroid dienone is 3. The van der Waals surface area contributed by atoms with Crippen molar-refractivity contribution in [2.45, 2.75) is 18.9 Å². The summed E-state index contributed by atoms with van der Waals surface area (Å²) >= 11 is 0. The summed E-state index contributed by atoms with van der Waals surface area (Å²) in [6, 6.07) is 10.4. The highest BCUT2D eigenvalue weighted by Crippen LogP contribution is 2.37. The van der Waals surface area contributed by atoms with E-state index >= 15 is 0 Å². The molecule has 2 saturated heterocycles. The van der Waals surface area contributed by atoms with Crippen LogP contribution in [0.5, 0.6) is 0 Å². The van der Waals surface area contributed by atoms with Crippen molar-refractivity contribution >= 4 is 16.0 Å². The fraction of sp³-hybridized carbons (Fsp3) is 0.423. The largest absolute Gasteiger partial charge is 0.369 e. The molecule has 0 spiro atoms. The molecule has 2 fully saturated rings. The smallest absolute Gasteiger partial charge is 0.297 e. The zero-order valence-corrected chi connectivity index (χ0v) is 21.1. The summed E-state index contributed by atoms with van der Waals surface area (Å²) in [5, 5.41) is 6.08. The van der Waals surface area contributed by atoms with Gasteiger partial charge in [0.15, 0.2) is 0 Å². The number of rotatable bonds is 9. The van der Waals surface area contributed by atoms with Crippen LogP contribution in [-0.2, 0) is 21.3 Å². The Morgan fingerprint density at radius 2 is 1.81 bits per heavy atom.